The lowest BCUT2D eigenvalue weighted by Crippen LogP contribution is -2.15. The summed E-state index contributed by atoms with van der Waals surface area (Å²) in [5.41, 5.74) is 1.42. The van der Waals surface area contributed by atoms with Crippen molar-refractivity contribution in [3.8, 4) is 5.75 Å². The number of ether oxygens (including phenoxy) is 1. The number of carbonyl (C=O) groups is 1. The molecule has 20 heavy (non-hydrogen) atoms. The minimum atomic E-state index is -0.111. The third-order valence-corrected chi connectivity index (χ3v) is 3.64. The van der Waals surface area contributed by atoms with Gasteiger partial charge in [0.15, 0.2) is 4.96 Å². The number of anilines is 1. The lowest BCUT2D eigenvalue weighted by molar-refractivity contribution is -0.115. The standard InChI is InChI=1S/C14H13N3O2S/c1-19-12-5-3-2-4-11(12)16-13(18)8-10-9-17-6-7-20-14(17)15-10/h2-7,9H,8H2,1H3,(H,16,18). The van der Waals surface area contributed by atoms with Gasteiger partial charge in [-0.2, -0.15) is 0 Å². The number of imidazole rings is 1. The summed E-state index contributed by atoms with van der Waals surface area (Å²) in [6, 6.07) is 7.33. The molecule has 0 aliphatic heterocycles. The van der Waals surface area contributed by atoms with Crippen LogP contribution in [0.3, 0.4) is 0 Å². The molecule has 0 saturated carbocycles. The Morgan fingerprint density at radius 3 is 3.10 bits per heavy atom. The van der Waals surface area contributed by atoms with E-state index < -0.39 is 0 Å². The molecule has 3 rings (SSSR count). The molecule has 1 N–H and O–H groups in total. The molecule has 0 bridgehead atoms. The van der Waals surface area contributed by atoms with E-state index in [9.17, 15) is 4.79 Å². The van der Waals surface area contributed by atoms with Crippen molar-refractivity contribution in [3.05, 3.63) is 47.7 Å². The average Bonchev–Trinajstić information content (AvgIpc) is 3.00. The molecule has 2 aromatic heterocycles. The lowest BCUT2D eigenvalue weighted by atomic mass is 10.2. The monoisotopic (exact) mass is 287 g/mol. The Labute approximate surface area is 119 Å². The Morgan fingerprint density at radius 2 is 2.30 bits per heavy atom. The second-order valence-corrected chi connectivity index (χ2v) is 5.12. The average molecular weight is 287 g/mol. The van der Waals surface area contributed by atoms with Crippen molar-refractivity contribution in [3.63, 3.8) is 0 Å². The predicted molar refractivity (Wildman–Crippen MR) is 78.4 cm³/mol. The van der Waals surface area contributed by atoms with Crippen molar-refractivity contribution in [1.29, 1.82) is 0 Å². The van der Waals surface area contributed by atoms with E-state index in [1.165, 1.54) is 0 Å². The summed E-state index contributed by atoms with van der Waals surface area (Å²) in [5.74, 6) is 0.534. The molecule has 6 heteroatoms. The molecule has 1 aromatic carbocycles. The van der Waals surface area contributed by atoms with Crippen LogP contribution < -0.4 is 10.1 Å². The topological polar surface area (TPSA) is 55.6 Å². The van der Waals surface area contributed by atoms with Gasteiger partial charge in [0.2, 0.25) is 5.91 Å². The van der Waals surface area contributed by atoms with Gasteiger partial charge in [0.1, 0.15) is 5.75 Å². The number of methoxy groups -OCH3 is 1. The van der Waals surface area contributed by atoms with Crippen molar-refractivity contribution in [1.82, 2.24) is 9.38 Å². The van der Waals surface area contributed by atoms with E-state index in [1.54, 1.807) is 18.4 Å². The maximum atomic E-state index is 12.0. The van der Waals surface area contributed by atoms with Crippen molar-refractivity contribution in [2.45, 2.75) is 6.42 Å². The van der Waals surface area contributed by atoms with Crippen molar-refractivity contribution < 1.29 is 9.53 Å². The van der Waals surface area contributed by atoms with E-state index in [0.29, 0.717) is 11.4 Å². The van der Waals surface area contributed by atoms with Crippen LogP contribution in [0.5, 0.6) is 5.75 Å². The summed E-state index contributed by atoms with van der Waals surface area (Å²) in [4.78, 5) is 17.3. The van der Waals surface area contributed by atoms with Gasteiger partial charge < -0.3 is 10.1 Å². The first kappa shape index (κ1) is 12.7. The number of hydrogen-bond donors (Lipinski definition) is 1. The molecule has 102 valence electrons. The van der Waals surface area contributed by atoms with Gasteiger partial charge in [-0.15, -0.1) is 11.3 Å². The number of amides is 1. The molecular formula is C14H13N3O2S. The maximum absolute atomic E-state index is 12.0. The summed E-state index contributed by atoms with van der Waals surface area (Å²) in [6.07, 6.45) is 4.04. The summed E-state index contributed by atoms with van der Waals surface area (Å²) >= 11 is 1.55. The minimum absolute atomic E-state index is 0.111. The van der Waals surface area contributed by atoms with E-state index in [4.69, 9.17) is 4.74 Å². The number of hydrogen-bond acceptors (Lipinski definition) is 4. The number of fused-ring (bicyclic) bond motifs is 1. The number of benzene rings is 1. The molecule has 5 nitrogen and oxygen atoms in total. The zero-order valence-electron chi connectivity index (χ0n) is 10.9. The van der Waals surface area contributed by atoms with Gasteiger partial charge in [-0.1, -0.05) is 12.1 Å². The number of carbonyl (C=O) groups excluding carboxylic acids is 1. The Hall–Kier alpha value is -2.34. The Balaban J connectivity index is 1.72. The predicted octanol–water partition coefficient (Wildman–Crippen LogP) is 2.59. The van der Waals surface area contributed by atoms with Gasteiger partial charge in [-0.25, -0.2) is 4.98 Å². The number of para-hydroxylation sites is 2. The first-order valence-electron chi connectivity index (χ1n) is 6.10. The minimum Gasteiger partial charge on any atom is -0.495 e. The molecule has 0 saturated heterocycles. The van der Waals surface area contributed by atoms with Crippen LogP contribution in [-0.4, -0.2) is 22.4 Å². The zero-order valence-corrected chi connectivity index (χ0v) is 11.7. The fraction of sp³-hybridized carbons (Fsp3) is 0.143. The molecular weight excluding hydrogens is 274 g/mol. The molecule has 0 atom stereocenters. The van der Waals surface area contributed by atoms with E-state index in [2.05, 4.69) is 10.3 Å². The van der Waals surface area contributed by atoms with Crippen LogP contribution in [0.25, 0.3) is 4.96 Å². The molecule has 0 aliphatic rings. The second-order valence-electron chi connectivity index (χ2n) is 4.25. The Bertz CT molecular complexity index is 719. The van der Waals surface area contributed by atoms with Crippen molar-refractivity contribution in [2.24, 2.45) is 0 Å². The van der Waals surface area contributed by atoms with Crippen LogP contribution in [-0.2, 0) is 11.2 Å². The smallest absolute Gasteiger partial charge is 0.230 e. The van der Waals surface area contributed by atoms with Crippen LogP contribution in [0.1, 0.15) is 5.69 Å². The lowest BCUT2D eigenvalue weighted by Gasteiger charge is -2.08. The molecule has 0 fully saturated rings. The summed E-state index contributed by atoms with van der Waals surface area (Å²) in [5, 5.41) is 4.80. The maximum Gasteiger partial charge on any atom is 0.230 e. The van der Waals surface area contributed by atoms with Gasteiger partial charge in [0.05, 0.1) is 24.9 Å². The van der Waals surface area contributed by atoms with Crippen molar-refractivity contribution >= 4 is 27.9 Å². The van der Waals surface area contributed by atoms with Gasteiger partial charge in [-0.05, 0) is 12.1 Å². The number of rotatable bonds is 4. The highest BCUT2D eigenvalue weighted by Crippen LogP contribution is 2.23. The highest BCUT2D eigenvalue weighted by Gasteiger charge is 2.10. The molecule has 0 aliphatic carbocycles. The summed E-state index contributed by atoms with van der Waals surface area (Å²) in [6.45, 7) is 0. The van der Waals surface area contributed by atoms with Crippen LogP contribution in [0.4, 0.5) is 5.69 Å². The first-order chi connectivity index (χ1) is 9.76. The largest absolute Gasteiger partial charge is 0.495 e. The van der Waals surface area contributed by atoms with Crippen LogP contribution >= 0.6 is 11.3 Å². The number of nitrogens with zero attached hydrogens (tertiary/aromatic N) is 2. The highest BCUT2D eigenvalue weighted by molar-refractivity contribution is 7.15. The van der Waals surface area contributed by atoms with E-state index >= 15 is 0 Å². The first-order valence-corrected chi connectivity index (χ1v) is 6.98. The molecule has 2 heterocycles. The number of aromatic nitrogens is 2. The van der Waals surface area contributed by atoms with Crippen LogP contribution in [0.2, 0.25) is 0 Å². The van der Waals surface area contributed by atoms with Crippen LogP contribution in [0.15, 0.2) is 42.0 Å². The summed E-state index contributed by atoms with van der Waals surface area (Å²) in [7, 11) is 1.58. The van der Waals surface area contributed by atoms with Crippen molar-refractivity contribution in [2.75, 3.05) is 12.4 Å². The molecule has 3 aromatic rings. The Morgan fingerprint density at radius 1 is 1.45 bits per heavy atom. The number of nitrogens with one attached hydrogen (secondary N) is 1. The third kappa shape index (κ3) is 2.50. The normalized spacial score (nSPS) is 10.7. The van der Waals surface area contributed by atoms with Gasteiger partial charge in [0.25, 0.3) is 0 Å². The SMILES string of the molecule is COc1ccccc1NC(=O)Cc1cn2ccsc2n1. The van der Waals surface area contributed by atoms with Gasteiger partial charge >= 0.3 is 0 Å². The fourth-order valence-corrected chi connectivity index (χ4v) is 2.69. The van der Waals surface area contributed by atoms with E-state index in [1.807, 2.05) is 46.4 Å². The quantitative estimate of drug-likeness (QED) is 0.802. The highest BCUT2D eigenvalue weighted by atomic mass is 32.1. The summed E-state index contributed by atoms with van der Waals surface area (Å²) < 4.78 is 7.11. The van der Waals surface area contributed by atoms with E-state index in [-0.39, 0.29) is 12.3 Å². The van der Waals surface area contributed by atoms with E-state index in [0.717, 1.165) is 10.7 Å². The van der Waals surface area contributed by atoms with Gasteiger partial charge in [0, 0.05) is 17.8 Å². The molecule has 0 spiro atoms. The fourth-order valence-electron chi connectivity index (χ4n) is 1.97. The third-order valence-electron chi connectivity index (χ3n) is 2.87. The Kier molecular flexibility index (Phi) is 3.39. The second kappa shape index (κ2) is 5.34. The molecule has 0 unspecified atom stereocenters. The molecule has 0 radical (unpaired) electrons. The molecule has 1 amide bonds. The zero-order chi connectivity index (χ0) is 13.9. The van der Waals surface area contributed by atoms with Crippen LogP contribution in [0, 0.1) is 0 Å². The van der Waals surface area contributed by atoms with Gasteiger partial charge in [-0.3, -0.25) is 9.20 Å². The number of thiazole rings is 1.